The summed E-state index contributed by atoms with van der Waals surface area (Å²) in [7, 11) is 5.35. The van der Waals surface area contributed by atoms with Gasteiger partial charge in [0.2, 0.25) is 11.8 Å². The molecule has 4 amide bonds. The minimum atomic E-state index is -0.410. The summed E-state index contributed by atoms with van der Waals surface area (Å²) in [5.74, 6) is -0.0162. The standard InChI is InChI=1S/C35H43N5O6/c1-6-46-34(43)16-13-25-12-15-29-30(21-25)40(32(41)17-18-38(3)4)20-19-39(29)33(42)23-26-11-14-28(31(22-26)45-5)37-35(44)36-27-10-8-7-9-24(27)2/h7-12,14-15,21-22H,6,13,16-20,23H2,1-5H3,(H2,36,37,44). The van der Waals surface area contributed by atoms with E-state index in [9.17, 15) is 19.2 Å². The number of carbonyl (C=O) groups is 4. The number of benzene rings is 3. The third-order valence-corrected chi connectivity index (χ3v) is 7.73. The van der Waals surface area contributed by atoms with Crippen molar-refractivity contribution in [3.8, 4) is 5.75 Å². The maximum atomic E-state index is 13.7. The van der Waals surface area contributed by atoms with Gasteiger partial charge in [-0.05, 0) is 81.4 Å². The van der Waals surface area contributed by atoms with Crippen molar-refractivity contribution in [2.45, 2.75) is 39.5 Å². The van der Waals surface area contributed by atoms with Crippen LogP contribution in [0.1, 0.15) is 36.5 Å². The summed E-state index contributed by atoms with van der Waals surface area (Å²) in [5.41, 5.74) is 5.00. The molecule has 0 saturated carbocycles. The smallest absolute Gasteiger partial charge is 0.323 e. The van der Waals surface area contributed by atoms with Crippen LogP contribution in [0, 0.1) is 6.92 Å². The largest absolute Gasteiger partial charge is 0.495 e. The minimum Gasteiger partial charge on any atom is -0.495 e. The quantitative estimate of drug-likeness (QED) is 0.270. The molecule has 0 atom stereocenters. The second-order valence-corrected chi connectivity index (χ2v) is 11.4. The fourth-order valence-electron chi connectivity index (χ4n) is 5.27. The van der Waals surface area contributed by atoms with Gasteiger partial charge < -0.3 is 34.8 Å². The Kier molecular flexibility index (Phi) is 11.7. The molecule has 0 bridgehead atoms. The summed E-state index contributed by atoms with van der Waals surface area (Å²) in [4.78, 5) is 57.0. The fourth-order valence-corrected chi connectivity index (χ4v) is 5.27. The summed E-state index contributed by atoms with van der Waals surface area (Å²) in [6.07, 6.45) is 1.12. The van der Waals surface area contributed by atoms with Crippen molar-refractivity contribution in [3.63, 3.8) is 0 Å². The second kappa shape index (κ2) is 15.9. The average molecular weight is 630 g/mol. The van der Waals surface area contributed by atoms with Gasteiger partial charge in [-0.3, -0.25) is 14.4 Å². The van der Waals surface area contributed by atoms with Crippen LogP contribution in [-0.4, -0.2) is 76.2 Å². The van der Waals surface area contributed by atoms with Crippen LogP contribution in [0.2, 0.25) is 0 Å². The summed E-state index contributed by atoms with van der Waals surface area (Å²) in [5, 5.41) is 5.65. The van der Waals surface area contributed by atoms with Gasteiger partial charge in [0.05, 0.1) is 37.2 Å². The van der Waals surface area contributed by atoms with Crippen LogP contribution in [0.5, 0.6) is 5.75 Å². The van der Waals surface area contributed by atoms with Crippen molar-refractivity contribution >= 4 is 46.6 Å². The summed E-state index contributed by atoms with van der Waals surface area (Å²) < 4.78 is 10.6. The molecular formula is C35H43N5O6. The van der Waals surface area contributed by atoms with E-state index in [1.54, 1.807) is 34.9 Å². The Morgan fingerprint density at radius 3 is 2.22 bits per heavy atom. The molecule has 0 aliphatic carbocycles. The Bertz CT molecular complexity index is 1570. The van der Waals surface area contributed by atoms with E-state index in [2.05, 4.69) is 10.6 Å². The highest BCUT2D eigenvalue weighted by Crippen LogP contribution is 2.36. The molecular weight excluding hydrogens is 586 g/mol. The van der Waals surface area contributed by atoms with Crippen LogP contribution < -0.4 is 25.2 Å². The Labute approximate surface area is 270 Å². The highest BCUT2D eigenvalue weighted by atomic mass is 16.5. The second-order valence-electron chi connectivity index (χ2n) is 11.4. The van der Waals surface area contributed by atoms with E-state index in [0.717, 1.165) is 11.1 Å². The zero-order chi connectivity index (χ0) is 33.2. The number of methoxy groups -OCH3 is 1. The lowest BCUT2D eigenvalue weighted by molar-refractivity contribution is -0.143. The monoisotopic (exact) mass is 629 g/mol. The van der Waals surface area contributed by atoms with E-state index in [1.165, 1.54) is 7.11 Å². The number of nitrogens with zero attached hydrogens (tertiary/aromatic N) is 3. The van der Waals surface area contributed by atoms with Gasteiger partial charge in [-0.1, -0.05) is 30.3 Å². The first-order valence-corrected chi connectivity index (χ1v) is 15.4. The van der Waals surface area contributed by atoms with E-state index >= 15 is 0 Å². The van der Waals surface area contributed by atoms with Gasteiger partial charge >= 0.3 is 12.0 Å². The Balaban J connectivity index is 1.51. The van der Waals surface area contributed by atoms with Crippen LogP contribution in [0.3, 0.4) is 0 Å². The van der Waals surface area contributed by atoms with Crippen molar-refractivity contribution in [3.05, 3.63) is 77.4 Å². The van der Waals surface area contributed by atoms with Crippen LogP contribution in [0.15, 0.2) is 60.7 Å². The molecule has 3 aromatic carbocycles. The molecule has 3 aromatic rings. The van der Waals surface area contributed by atoms with E-state index in [-0.39, 0.29) is 30.6 Å². The van der Waals surface area contributed by atoms with Crippen molar-refractivity contribution in [2.75, 3.05) is 67.9 Å². The molecule has 0 unspecified atom stereocenters. The van der Waals surface area contributed by atoms with Crippen LogP contribution in [-0.2, 0) is 32.0 Å². The molecule has 0 fully saturated rings. The summed E-state index contributed by atoms with van der Waals surface area (Å²) >= 11 is 0. The van der Waals surface area contributed by atoms with Crippen LogP contribution >= 0.6 is 0 Å². The van der Waals surface area contributed by atoms with Gasteiger partial charge in [-0.2, -0.15) is 0 Å². The fraction of sp³-hybridized carbons (Fsp3) is 0.371. The number of hydrogen-bond acceptors (Lipinski definition) is 7. The van der Waals surface area contributed by atoms with Gasteiger partial charge in [0.1, 0.15) is 5.75 Å². The Morgan fingerprint density at radius 1 is 0.826 bits per heavy atom. The van der Waals surface area contributed by atoms with Crippen molar-refractivity contribution < 1.29 is 28.7 Å². The molecule has 11 nitrogen and oxygen atoms in total. The molecule has 2 N–H and O–H groups in total. The molecule has 0 spiro atoms. The normalized spacial score (nSPS) is 12.4. The number of urea groups is 1. The zero-order valence-electron chi connectivity index (χ0n) is 27.2. The average Bonchev–Trinajstić information content (AvgIpc) is 3.03. The molecule has 0 saturated heterocycles. The zero-order valence-corrected chi connectivity index (χ0v) is 27.2. The molecule has 46 heavy (non-hydrogen) atoms. The summed E-state index contributed by atoms with van der Waals surface area (Å²) in [6.45, 7) is 5.31. The van der Waals surface area contributed by atoms with E-state index in [1.807, 2.05) is 68.4 Å². The van der Waals surface area contributed by atoms with Gasteiger partial charge in [-0.15, -0.1) is 0 Å². The molecule has 0 aromatic heterocycles. The predicted molar refractivity (Wildman–Crippen MR) is 180 cm³/mol. The summed E-state index contributed by atoms with van der Waals surface area (Å²) in [6, 6.07) is 17.9. The van der Waals surface area contributed by atoms with E-state index in [4.69, 9.17) is 9.47 Å². The number of aryl methyl sites for hydroxylation is 2. The number of esters is 1. The van der Waals surface area contributed by atoms with Gasteiger partial charge in [-0.25, -0.2) is 4.79 Å². The number of carbonyl (C=O) groups excluding carboxylic acids is 4. The first-order chi connectivity index (χ1) is 22.1. The Hall–Kier alpha value is -4.90. The number of rotatable bonds is 12. The third-order valence-electron chi connectivity index (χ3n) is 7.73. The number of anilines is 4. The highest BCUT2D eigenvalue weighted by Gasteiger charge is 2.30. The van der Waals surface area contributed by atoms with Crippen molar-refractivity contribution in [1.29, 1.82) is 0 Å². The molecule has 1 aliphatic heterocycles. The lowest BCUT2D eigenvalue weighted by atomic mass is 10.0. The predicted octanol–water partition coefficient (Wildman–Crippen LogP) is 5.02. The number of nitrogens with one attached hydrogen (secondary N) is 2. The minimum absolute atomic E-state index is 0.0242. The van der Waals surface area contributed by atoms with Crippen molar-refractivity contribution in [2.24, 2.45) is 0 Å². The van der Waals surface area contributed by atoms with Gasteiger partial charge in [0, 0.05) is 38.2 Å². The maximum absolute atomic E-state index is 13.7. The van der Waals surface area contributed by atoms with Crippen LogP contribution in [0.25, 0.3) is 0 Å². The molecule has 1 aliphatic rings. The lowest BCUT2D eigenvalue weighted by Gasteiger charge is -2.37. The molecule has 11 heteroatoms. The molecule has 4 rings (SSSR count). The highest BCUT2D eigenvalue weighted by molar-refractivity contribution is 6.05. The molecule has 244 valence electrons. The molecule has 1 heterocycles. The van der Waals surface area contributed by atoms with Gasteiger partial charge in [0.15, 0.2) is 0 Å². The van der Waals surface area contributed by atoms with Crippen molar-refractivity contribution in [1.82, 2.24) is 4.90 Å². The third kappa shape index (κ3) is 8.85. The maximum Gasteiger partial charge on any atom is 0.323 e. The first-order valence-electron chi connectivity index (χ1n) is 15.4. The first kappa shape index (κ1) is 34.0. The van der Waals surface area contributed by atoms with E-state index < -0.39 is 6.03 Å². The van der Waals surface area contributed by atoms with Gasteiger partial charge in [0.25, 0.3) is 0 Å². The Morgan fingerprint density at radius 2 is 1.52 bits per heavy atom. The molecule has 0 radical (unpaired) electrons. The topological polar surface area (TPSA) is 121 Å². The lowest BCUT2D eigenvalue weighted by Crippen LogP contribution is -2.47. The van der Waals surface area contributed by atoms with E-state index in [0.29, 0.717) is 73.1 Å². The number of para-hydroxylation sites is 1. The number of hydrogen-bond donors (Lipinski definition) is 2. The SMILES string of the molecule is CCOC(=O)CCc1ccc2c(c1)N(C(=O)CCN(C)C)CCN2C(=O)Cc1ccc(NC(=O)Nc2ccccc2C)c(OC)c1. The number of amides is 4. The number of fused-ring (bicyclic) bond motifs is 1. The number of ether oxygens (including phenoxy) is 2. The van der Waals surface area contributed by atoms with Crippen LogP contribution in [0.4, 0.5) is 27.5 Å².